The van der Waals surface area contributed by atoms with Crippen molar-refractivity contribution in [1.29, 1.82) is 0 Å². The van der Waals surface area contributed by atoms with Gasteiger partial charge >= 0.3 is 6.18 Å². The van der Waals surface area contributed by atoms with Crippen molar-refractivity contribution in [3.05, 3.63) is 35.4 Å². The Bertz CT molecular complexity index is 596. The third-order valence-corrected chi connectivity index (χ3v) is 5.49. The molecule has 2 rings (SSSR count). The van der Waals surface area contributed by atoms with Gasteiger partial charge in [-0.3, -0.25) is 9.00 Å². The molecule has 1 amide bonds. The van der Waals surface area contributed by atoms with E-state index >= 15 is 0 Å². The van der Waals surface area contributed by atoms with E-state index in [2.05, 4.69) is 12.2 Å². The van der Waals surface area contributed by atoms with E-state index in [1.165, 1.54) is 12.1 Å². The summed E-state index contributed by atoms with van der Waals surface area (Å²) in [4.78, 5) is 11.9. The SMILES string of the molecule is CC1CCC(NC(=O)C[S@](=O)Cc2cccc(C(F)(F)F)c2)CC1. The number of carbonyl (C=O) groups is 1. The summed E-state index contributed by atoms with van der Waals surface area (Å²) in [6.45, 7) is 2.18. The molecule has 1 aliphatic rings. The summed E-state index contributed by atoms with van der Waals surface area (Å²) in [5.41, 5.74) is -0.444. The largest absolute Gasteiger partial charge is 0.416 e. The van der Waals surface area contributed by atoms with Gasteiger partial charge in [-0.1, -0.05) is 25.1 Å². The number of hydrogen-bond donors (Lipinski definition) is 1. The number of rotatable bonds is 5. The fourth-order valence-corrected chi connectivity index (χ4v) is 3.92. The molecule has 0 radical (unpaired) electrons. The van der Waals surface area contributed by atoms with Crippen LogP contribution in [-0.2, 0) is 27.5 Å². The summed E-state index contributed by atoms with van der Waals surface area (Å²) in [7, 11) is -1.53. The van der Waals surface area contributed by atoms with Gasteiger partial charge in [0.05, 0.1) is 5.56 Å². The van der Waals surface area contributed by atoms with Crippen molar-refractivity contribution in [2.24, 2.45) is 5.92 Å². The topological polar surface area (TPSA) is 46.2 Å². The van der Waals surface area contributed by atoms with Gasteiger partial charge in [0, 0.05) is 22.6 Å². The first-order valence-corrected chi connectivity index (χ1v) is 9.53. The molecule has 0 heterocycles. The van der Waals surface area contributed by atoms with Crippen LogP contribution in [-0.4, -0.2) is 21.9 Å². The van der Waals surface area contributed by atoms with Crippen LogP contribution in [0.4, 0.5) is 13.2 Å². The predicted molar refractivity (Wildman–Crippen MR) is 87.7 cm³/mol. The number of alkyl halides is 3. The summed E-state index contributed by atoms with van der Waals surface area (Å²) in [6.07, 6.45) is -0.441. The van der Waals surface area contributed by atoms with Crippen molar-refractivity contribution in [2.75, 3.05) is 5.75 Å². The monoisotopic (exact) mass is 361 g/mol. The lowest BCUT2D eigenvalue weighted by Crippen LogP contribution is -2.39. The van der Waals surface area contributed by atoms with Crippen molar-refractivity contribution < 1.29 is 22.2 Å². The van der Waals surface area contributed by atoms with Gasteiger partial charge in [0.15, 0.2) is 0 Å². The van der Waals surface area contributed by atoms with Crippen LogP contribution in [0.3, 0.4) is 0 Å². The Kier molecular flexibility index (Phi) is 6.43. The molecule has 3 nitrogen and oxygen atoms in total. The number of benzene rings is 1. The van der Waals surface area contributed by atoms with Gasteiger partial charge in [-0.2, -0.15) is 13.2 Å². The molecule has 1 N–H and O–H groups in total. The highest BCUT2D eigenvalue weighted by Crippen LogP contribution is 2.29. The highest BCUT2D eigenvalue weighted by Gasteiger charge is 2.30. The summed E-state index contributed by atoms with van der Waals surface area (Å²) in [6, 6.07) is 4.87. The first-order valence-electron chi connectivity index (χ1n) is 8.04. The van der Waals surface area contributed by atoms with E-state index in [1.54, 1.807) is 0 Å². The van der Waals surface area contributed by atoms with E-state index in [0.717, 1.165) is 37.8 Å². The van der Waals surface area contributed by atoms with Gasteiger partial charge in [-0.05, 0) is 43.2 Å². The second-order valence-corrected chi connectivity index (χ2v) is 7.91. The van der Waals surface area contributed by atoms with Crippen LogP contribution < -0.4 is 5.32 Å². The van der Waals surface area contributed by atoms with E-state index in [9.17, 15) is 22.2 Å². The van der Waals surface area contributed by atoms with Crippen molar-refractivity contribution in [1.82, 2.24) is 5.32 Å². The molecule has 1 atom stereocenters. The second kappa shape index (κ2) is 8.14. The number of hydrogen-bond acceptors (Lipinski definition) is 2. The Balaban J connectivity index is 1.83. The molecule has 1 aromatic carbocycles. The van der Waals surface area contributed by atoms with Gasteiger partial charge in [0.25, 0.3) is 0 Å². The third-order valence-electron chi connectivity index (χ3n) is 4.26. The van der Waals surface area contributed by atoms with E-state index in [0.29, 0.717) is 11.5 Å². The molecule has 0 spiro atoms. The maximum atomic E-state index is 12.7. The van der Waals surface area contributed by atoms with Crippen LogP contribution in [0.2, 0.25) is 0 Å². The molecular formula is C17H22F3NO2S. The maximum Gasteiger partial charge on any atom is 0.416 e. The lowest BCUT2D eigenvalue weighted by molar-refractivity contribution is -0.137. The Morgan fingerprint density at radius 3 is 2.54 bits per heavy atom. The number of nitrogens with one attached hydrogen (secondary N) is 1. The molecule has 0 bridgehead atoms. The average molecular weight is 361 g/mol. The minimum absolute atomic E-state index is 0.0565. The first kappa shape index (κ1) is 19.0. The second-order valence-electron chi connectivity index (χ2n) is 6.45. The van der Waals surface area contributed by atoms with Gasteiger partial charge < -0.3 is 5.32 Å². The number of halogens is 3. The molecule has 0 aromatic heterocycles. The molecule has 0 aliphatic heterocycles. The number of amides is 1. The summed E-state index contributed by atoms with van der Waals surface area (Å²) in [5.74, 6) is 0.148. The highest BCUT2D eigenvalue weighted by atomic mass is 32.2. The zero-order valence-electron chi connectivity index (χ0n) is 13.6. The normalized spacial score (nSPS) is 22.8. The molecule has 134 valence electrons. The standard InChI is InChI=1S/C17H22F3NO2S/c1-12-5-7-15(8-6-12)21-16(22)11-24(23)10-13-3-2-4-14(9-13)17(18,19)20/h2-4,9,12,15H,5-8,10-11H2,1H3,(H,21,22)/t12?,15?,24-/m1/s1. The van der Waals surface area contributed by atoms with E-state index in [4.69, 9.17) is 0 Å². The Hall–Kier alpha value is -1.37. The van der Waals surface area contributed by atoms with Crippen LogP contribution in [0.15, 0.2) is 24.3 Å². The van der Waals surface area contributed by atoms with Crippen LogP contribution in [0.25, 0.3) is 0 Å². The van der Waals surface area contributed by atoms with E-state index in [1.807, 2.05) is 0 Å². The van der Waals surface area contributed by atoms with Crippen LogP contribution in [0, 0.1) is 5.92 Å². The van der Waals surface area contributed by atoms with Crippen LogP contribution in [0.1, 0.15) is 43.7 Å². The molecule has 0 saturated heterocycles. The summed E-state index contributed by atoms with van der Waals surface area (Å²) >= 11 is 0. The minimum atomic E-state index is -4.42. The molecule has 1 fully saturated rings. The van der Waals surface area contributed by atoms with E-state index in [-0.39, 0.29) is 23.5 Å². The van der Waals surface area contributed by atoms with E-state index < -0.39 is 22.5 Å². The van der Waals surface area contributed by atoms with Crippen LogP contribution in [0.5, 0.6) is 0 Å². The van der Waals surface area contributed by atoms with Crippen LogP contribution >= 0.6 is 0 Å². The lowest BCUT2D eigenvalue weighted by Gasteiger charge is -2.26. The van der Waals surface area contributed by atoms with Gasteiger partial charge in [0.2, 0.25) is 5.91 Å². The quantitative estimate of drug-likeness (QED) is 0.870. The molecule has 0 unspecified atom stereocenters. The van der Waals surface area contributed by atoms with Crippen molar-refractivity contribution in [3.63, 3.8) is 0 Å². The molecule has 24 heavy (non-hydrogen) atoms. The summed E-state index contributed by atoms with van der Waals surface area (Å²) < 4.78 is 50.0. The number of carbonyl (C=O) groups excluding carboxylic acids is 1. The van der Waals surface area contributed by atoms with Gasteiger partial charge in [-0.15, -0.1) is 0 Å². The third kappa shape index (κ3) is 5.92. The molecule has 1 saturated carbocycles. The first-order chi connectivity index (χ1) is 11.2. The fourth-order valence-electron chi connectivity index (χ4n) is 2.89. The fraction of sp³-hybridized carbons (Fsp3) is 0.588. The van der Waals surface area contributed by atoms with Crippen molar-refractivity contribution in [2.45, 2.75) is 50.6 Å². The summed E-state index contributed by atoms with van der Waals surface area (Å²) in [5, 5.41) is 2.88. The van der Waals surface area contributed by atoms with Gasteiger partial charge in [0.1, 0.15) is 5.75 Å². The zero-order chi connectivity index (χ0) is 17.7. The molecular weight excluding hydrogens is 339 g/mol. The minimum Gasteiger partial charge on any atom is -0.353 e. The smallest absolute Gasteiger partial charge is 0.353 e. The molecule has 1 aromatic rings. The highest BCUT2D eigenvalue weighted by molar-refractivity contribution is 7.84. The maximum absolute atomic E-state index is 12.7. The predicted octanol–water partition coefficient (Wildman–Crippen LogP) is 3.65. The Morgan fingerprint density at radius 1 is 1.25 bits per heavy atom. The zero-order valence-corrected chi connectivity index (χ0v) is 14.4. The van der Waals surface area contributed by atoms with Gasteiger partial charge in [-0.25, -0.2) is 0 Å². The Labute approximate surface area is 142 Å². The van der Waals surface area contributed by atoms with Crippen molar-refractivity contribution >= 4 is 16.7 Å². The lowest BCUT2D eigenvalue weighted by atomic mass is 9.87. The Morgan fingerprint density at radius 2 is 1.92 bits per heavy atom. The molecule has 1 aliphatic carbocycles. The average Bonchev–Trinajstić information content (AvgIpc) is 2.49. The van der Waals surface area contributed by atoms with Crippen molar-refractivity contribution in [3.8, 4) is 0 Å². The molecule has 7 heteroatoms.